The largest absolute Gasteiger partial charge is 0.496 e. The third-order valence-electron chi connectivity index (χ3n) is 4.57. The van der Waals surface area contributed by atoms with Crippen molar-refractivity contribution in [2.45, 2.75) is 31.7 Å². The van der Waals surface area contributed by atoms with Crippen molar-refractivity contribution in [2.24, 2.45) is 0 Å². The van der Waals surface area contributed by atoms with Crippen molar-refractivity contribution in [1.82, 2.24) is 10.2 Å². The molecule has 26 heavy (non-hydrogen) atoms. The van der Waals surface area contributed by atoms with Gasteiger partial charge in [-0.05, 0) is 19.5 Å². The zero-order valence-corrected chi connectivity index (χ0v) is 16.5. The maximum Gasteiger partial charge on any atom is 0.255 e. The molecule has 0 saturated heterocycles. The SMILES string of the molecule is CCN1CC(C)=CC1CNC(=O)c1cc(S(=O)(=O)CC)c(N)cc1OC. The van der Waals surface area contributed by atoms with Gasteiger partial charge in [0.1, 0.15) is 5.75 Å². The Hall–Kier alpha value is -2.06. The van der Waals surface area contributed by atoms with Gasteiger partial charge in [-0.3, -0.25) is 9.69 Å². The van der Waals surface area contributed by atoms with Crippen LogP contribution in [0.5, 0.6) is 5.75 Å². The maximum atomic E-state index is 12.7. The Morgan fingerprint density at radius 3 is 2.65 bits per heavy atom. The molecule has 1 aromatic rings. The Labute approximate surface area is 155 Å². The van der Waals surface area contributed by atoms with E-state index in [4.69, 9.17) is 10.5 Å². The fraction of sp³-hybridized carbons (Fsp3) is 0.500. The number of amides is 1. The number of sulfone groups is 1. The fourth-order valence-corrected chi connectivity index (χ4v) is 4.12. The van der Waals surface area contributed by atoms with Crippen LogP contribution in [0.2, 0.25) is 0 Å². The third kappa shape index (κ3) is 4.19. The fourth-order valence-electron chi connectivity index (χ4n) is 3.10. The molecule has 1 aliphatic rings. The summed E-state index contributed by atoms with van der Waals surface area (Å²) in [5.74, 6) is -0.230. The molecule has 0 aromatic heterocycles. The minimum atomic E-state index is -3.54. The van der Waals surface area contributed by atoms with Crippen LogP contribution >= 0.6 is 0 Å². The van der Waals surface area contributed by atoms with Crippen molar-refractivity contribution in [2.75, 3.05) is 38.2 Å². The Morgan fingerprint density at radius 1 is 1.38 bits per heavy atom. The number of nitrogens with zero attached hydrogens (tertiary/aromatic N) is 1. The van der Waals surface area contributed by atoms with Gasteiger partial charge < -0.3 is 15.8 Å². The summed E-state index contributed by atoms with van der Waals surface area (Å²) in [7, 11) is -2.12. The van der Waals surface area contributed by atoms with Crippen LogP contribution in [-0.4, -0.2) is 57.8 Å². The number of hydrogen-bond donors (Lipinski definition) is 2. The van der Waals surface area contributed by atoms with Crippen LogP contribution in [0.4, 0.5) is 5.69 Å². The minimum Gasteiger partial charge on any atom is -0.496 e. The van der Waals surface area contributed by atoms with Gasteiger partial charge in [0, 0.05) is 25.2 Å². The molecule has 8 heteroatoms. The van der Waals surface area contributed by atoms with Crippen molar-refractivity contribution < 1.29 is 17.9 Å². The van der Waals surface area contributed by atoms with E-state index in [0.717, 1.165) is 13.1 Å². The molecule has 2 rings (SSSR count). The summed E-state index contributed by atoms with van der Waals surface area (Å²) in [5, 5.41) is 2.88. The zero-order valence-electron chi connectivity index (χ0n) is 15.7. The van der Waals surface area contributed by atoms with Gasteiger partial charge in [0.2, 0.25) is 0 Å². The first-order valence-corrected chi connectivity index (χ1v) is 10.3. The quantitative estimate of drug-likeness (QED) is 0.548. The monoisotopic (exact) mass is 381 g/mol. The van der Waals surface area contributed by atoms with Gasteiger partial charge in [-0.2, -0.15) is 0 Å². The number of nitrogens with one attached hydrogen (secondary N) is 1. The number of methoxy groups -OCH3 is 1. The molecule has 0 spiro atoms. The number of benzene rings is 1. The molecule has 1 amide bonds. The highest BCUT2D eigenvalue weighted by Crippen LogP contribution is 2.29. The van der Waals surface area contributed by atoms with Crippen LogP contribution in [0.15, 0.2) is 28.7 Å². The minimum absolute atomic E-state index is 0.0438. The molecule has 0 aliphatic carbocycles. The van der Waals surface area contributed by atoms with Crippen molar-refractivity contribution in [3.05, 3.63) is 29.3 Å². The van der Waals surface area contributed by atoms with Crippen LogP contribution in [0, 0.1) is 0 Å². The second-order valence-corrected chi connectivity index (χ2v) is 8.59. The molecule has 7 nitrogen and oxygen atoms in total. The first-order valence-electron chi connectivity index (χ1n) is 8.63. The number of nitrogen functional groups attached to an aromatic ring is 1. The molecule has 0 bridgehead atoms. The van der Waals surface area contributed by atoms with Crippen molar-refractivity contribution >= 4 is 21.4 Å². The average Bonchev–Trinajstić information content (AvgIpc) is 2.98. The van der Waals surface area contributed by atoms with E-state index < -0.39 is 9.84 Å². The molecular formula is C18H27N3O4S. The maximum absolute atomic E-state index is 12.7. The number of anilines is 1. The van der Waals surface area contributed by atoms with Gasteiger partial charge in [0.25, 0.3) is 5.91 Å². The van der Waals surface area contributed by atoms with E-state index >= 15 is 0 Å². The van der Waals surface area contributed by atoms with Crippen LogP contribution < -0.4 is 15.8 Å². The second-order valence-electron chi connectivity index (χ2n) is 6.35. The number of rotatable bonds is 7. The van der Waals surface area contributed by atoms with E-state index in [2.05, 4.69) is 30.1 Å². The molecule has 0 fully saturated rings. The first kappa shape index (κ1) is 20.3. The lowest BCUT2D eigenvalue weighted by atomic mass is 10.1. The van der Waals surface area contributed by atoms with Crippen LogP contribution in [0.25, 0.3) is 0 Å². The van der Waals surface area contributed by atoms with Gasteiger partial charge in [0.15, 0.2) is 9.84 Å². The standard InChI is InChI=1S/C18H27N3O4S/c1-5-21-11-12(3)7-13(21)10-20-18(22)14-8-17(26(23,24)6-2)15(19)9-16(14)25-4/h7-9,13H,5-6,10-11,19H2,1-4H3,(H,20,22). The van der Waals surface area contributed by atoms with Crippen LogP contribution in [-0.2, 0) is 9.84 Å². The van der Waals surface area contributed by atoms with E-state index in [0.29, 0.717) is 6.54 Å². The highest BCUT2D eigenvalue weighted by Gasteiger charge is 2.25. The van der Waals surface area contributed by atoms with Crippen molar-refractivity contribution in [3.63, 3.8) is 0 Å². The van der Waals surface area contributed by atoms with E-state index in [1.54, 1.807) is 0 Å². The summed E-state index contributed by atoms with van der Waals surface area (Å²) in [6.07, 6.45) is 2.14. The van der Waals surface area contributed by atoms with E-state index in [-0.39, 0.29) is 39.6 Å². The molecule has 3 N–H and O–H groups in total. The molecule has 0 radical (unpaired) electrons. The third-order valence-corrected chi connectivity index (χ3v) is 6.35. The molecule has 1 unspecified atom stereocenters. The zero-order chi connectivity index (χ0) is 19.5. The van der Waals surface area contributed by atoms with Gasteiger partial charge in [-0.25, -0.2) is 8.42 Å². The molecule has 1 heterocycles. The summed E-state index contributed by atoms with van der Waals surface area (Å²) >= 11 is 0. The summed E-state index contributed by atoms with van der Waals surface area (Å²) in [6.45, 7) is 7.89. The summed E-state index contributed by atoms with van der Waals surface area (Å²) in [4.78, 5) is 14.9. The number of carbonyl (C=O) groups excluding carboxylic acids is 1. The van der Waals surface area contributed by atoms with E-state index in [1.165, 1.54) is 31.7 Å². The van der Waals surface area contributed by atoms with Gasteiger partial charge in [0.05, 0.1) is 29.0 Å². The van der Waals surface area contributed by atoms with Crippen LogP contribution in [0.3, 0.4) is 0 Å². The molecular weight excluding hydrogens is 354 g/mol. The average molecular weight is 381 g/mol. The molecule has 144 valence electrons. The number of ether oxygens (including phenoxy) is 1. The predicted octanol–water partition coefficient (Wildman–Crippen LogP) is 1.45. The molecule has 1 aliphatic heterocycles. The van der Waals surface area contributed by atoms with Gasteiger partial charge >= 0.3 is 0 Å². The summed E-state index contributed by atoms with van der Waals surface area (Å²) in [5.41, 5.74) is 7.36. The highest BCUT2D eigenvalue weighted by atomic mass is 32.2. The first-order chi connectivity index (χ1) is 12.2. The topological polar surface area (TPSA) is 102 Å². The lowest BCUT2D eigenvalue weighted by molar-refractivity contribution is 0.0941. The van der Waals surface area contributed by atoms with E-state index in [1.807, 2.05) is 0 Å². The Morgan fingerprint density at radius 2 is 2.08 bits per heavy atom. The Balaban J connectivity index is 2.26. The highest BCUT2D eigenvalue weighted by molar-refractivity contribution is 7.91. The Kier molecular flexibility index (Phi) is 6.30. The Bertz CT molecular complexity index is 818. The van der Waals surface area contributed by atoms with Gasteiger partial charge in [-0.15, -0.1) is 0 Å². The van der Waals surface area contributed by atoms with Crippen LogP contribution in [0.1, 0.15) is 31.1 Å². The predicted molar refractivity (Wildman–Crippen MR) is 102 cm³/mol. The lowest BCUT2D eigenvalue weighted by Crippen LogP contribution is -2.40. The van der Waals surface area contributed by atoms with Crippen molar-refractivity contribution in [1.29, 1.82) is 0 Å². The normalized spacial score (nSPS) is 17.8. The smallest absolute Gasteiger partial charge is 0.255 e. The number of hydrogen-bond acceptors (Lipinski definition) is 6. The van der Waals surface area contributed by atoms with Crippen molar-refractivity contribution in [3.8, 4) is 5.75 Å². The summed E-state index contributed by atoms with van der Waals surface area (Å²) < 4.78 is 29.7. The van der Waals surface area contributed by atoms with Gasteiger partial charge in [-0.1, -0.05) is 25.5 Å². The number of likely N-dealkylation sites (N-methyl/N-ethyl adjacent to an activating group) is 1. The second kappa shape index (κ2) is 8.09. The molecule has 0 saturated carbocycles. The molecule has 1 aromatic carbocycles. The number of nitrogens with two attached hydrogens (primary N) is 1. The summed E-state index contributed by atoms with van der Waals surface area (Å²) in [6, 6.07) is 2.81. The lowest BCUT2D eigenvalue weighted by Gasteiger charge is -2.23. The van der Waals surface area contributed by atoms with E-state index in [9.17, 15) is 13.2 Å². The molecule has 1 atom stereocenters. The number of carbonyl (C=O) groups is 1.